The van der Waals surface area contributed by atoms with Gasteiger partial charge in [-0.2, -0.15) is 13.2 Å². The number of ether oxygens (including phenoxy) is 1. The third kappa shape index (κ3) is 6.26. The lowest BCUT2D eigenvalue weighted by molar-refractivity contribution is -0.177. The molecule has 7 heteroatoms. The van der Waals surface area contributed by atoms with Gasteiger partial charge in [-0.3, -0.25) is 9.59 Å². The number of carbonyl (C=O) groups is 2. The van der Waals surface area contributed by atoms with Gasteiger partial charge in [-0.25, -0.2) is 0 Å². The fraction of sp³-hybridized carbons (Fsp3) is 0.778. The van der Waals surface area contributed by atoms with Gasteiger partial charge in [-0.05, 0) is 20.8 Å². The normalized spacial score (nSPS) is 14.4. The molecule has 0 saturated carbocycles. The summed E-state index contributed by atoms with van der Waals surface area (Å²) in [7, 11) is 0. The van der Waals surface area contributed by atoms with Crippen LogP contribution in [0, 0.1) is 5.92 Å². The molecular weight excluding hydrogens is 227 g/mol. The van der Waals surface area contributed by atoms with Gasteiger partial charge in [0.25, 0.3) is 0 Å². The monoisotopic (exact) mass is 241 g/mol. The van der Waals surface area contributed by atoms with Crippen LogP contribution in [0.2, 0.25) is 0 Å². The standard InChI is InChI=1S/C9H14F3NO3/c1-8(2,3)16-7(15)5(6(13)14)4-9(10,11)12/h5H,4H2,1-3H3,(H2,13,14). The summed E-state index contributed by atoms with van der Waals surface area (Å²) in [6, 6.07) is 0. The number of carbonyl (C=O) groups excluding carboxylic acids is 2. The van der Waals surface area contributed by atoms with Gasteiger partial charge in [-0.1, -0.05) is 0 Å². The summed E-state index contributed by atoms with van der Waals surface area (Å²) < 4.78 is 40.8. The molecule has 1 amide bonds. The van der Waals surface area contributed by atoms with Crippen LogP contribution in [-0.4, -0.2) is 23.7 Å². The van der Waals surface area contributed by atoms with Crippen LogP contribution in [-0.2, 0) is 14.3 Å². The summed E-state index contributed by atoms with van der Waals surface area (Å²) in [5.74, 6) is -4.58. The second kappa shape index (κ2) is 4.71. The Kier molecular flexibility index (Phi) is 4.34. The zero-order chi connectivity index (χ0) is 13.1. The van der Waals surface area contributed by atoms with Crippen molar-refractivity contribution in [3.63, 3.8) is 0 Å². The quantitative estimate of drug-likeness (QED) is 0.599. The summed E-state index contributed by atoms with van der Waals surface area (Å²) in [6.45, 7) is 4.45. The molecule has 1 atom stereocenters. The Morgan fingerprint density at radius 1 is 1.25 bits per heavy atom. The van der Waals surface area contributed by atoms with E-state index in [0.29, 0.717) is 0 Å². The Morgan fingerprint density at radius 2 is 1.69 bits per heavy atom. The van der Waals surface area contributed by atoms with Crippen LogP contribution in [0.15, 0.2) is 0 Å². The Balaban J connectivity index is 4.68. The molecule has 0 heterocycles. The highest BCUT2D eigenvalue weighted by molar-refractivity contribution is 5.97. The van der Waals surface area contributed by atoms with E-state index in [9.17, 15) is 22.8 Å². The predicted molar refractivity (Wildman–Crippen MR) is 49.2 cm³/mol. The number of primary amides is 1. The maximum absolute atomic E-state index is 12.0. The molecule has 0 bridgehead atoms. The van der Waals surface area contributed by atoms with E-state index in [1.807, 2.05) is 0 Å². The van der Waals surface area contributed by atoms with E-state index in [1.54, 1.807) is 0 Å². The molecule has 0 aromatic carbocycles. The molecule has 0 saturated heterocycles. The third-order valence-electron chi connectivity index (χ3n) is 1.47. The van der Waals surface area contributed by atoms with Crippen molar-refractivity contribution in [3.05, 3.63) is 0 Å². The van der Waals surface area contributed by atoms with E-state index < -0.39 is 36.0 Å². The summed E-state index contributed by atoms with van der Waals surface area (Å²) in [5, 5.41) is 0. The van der Waals surface area contributed by atoms with Gasteiger partial charge in [0.2, 0.25) is 5.91 Å². The Morgan fingerprint density at radius 3 is 1.94 bits per heavy atom. The first kappa shape index (κ1) is 14.7. The topological polar surface area (TPSA) is 69.4 Å². The number of halogens is 3. The first-order valence-electron chi connectivity index (χ1n) is 4.51. The highest BCUT2D eigenvalue weighted by Gasteiger charge is 2.40. The zero-order valence-corrected chi connectivity index (χ0v) is 9.22. The molecule has 0 radical (unpaired) electrons. The SMILES string of the molecule is CC(C)(C)OC(=O)C(CC(F)(F)F)C(N)=O. The fourth-order valence-electron chi connectivity index (χ4n) is 0.904. The molecule has 0 fully saturated rings. The van der Waals surface area contributed by atoms with Crippen LogP contribution in [0.5, 0.6) is 0 Å². The van der Waals surface area contributed by atoms with Crippen molar-refractivity contribution >= 4 is 11.9 Å². The minimum atomic E-state index is -4.64. The first-order valence-corrected chi connectivity index (χ1v) is 4.51. The van der Waals surface area contributed by atoms with Crippen molar-refractivity contribution < 1.29 is 27.5 Å². The van der Waals surface area contributed by atoms with Gasteiger partial charge < -0.3 is 10.5 Å². The van der Waals surface area contributed by atoms with E-state index in [0.717, 1.165) is 0 Å². The molecule has 0 aliphatic carbocycles. The average Bonchev–Trinajstić information content (AvgIpc) is 1.94. The predicted octanol–water partition coefficient (Wildman–Crippen LogP) is 1.38. The molecule has 0 aliphatic rings. The van der Waals surface area contributed by atoms with Gasteiger partial charge in [0.15, 0.2) is 0 Å². The maximum Gasteiger partial charge on any atom is 0.390 e. The summed E-state index contributed by atoms with van der Waals surface area (Å²) >= 11 is 0. The minimum absolute atomic E-state index is 0.962. The second-order valence-corrected chi connectivity index (χ2v) is 4.31. The van der Waals surface area contributed by atoms with Gasteiger partial charge >= 0.3 is 12.1 Å². The molecule has 0 aromatic heterocycles. The van der Waals surface area contributed by atoms with Crippen molar-refractivity contribution in [2.45, 2.75) is 39.0 Å². The number of alkyl halides is 3. The third-order valence-corrected chi connectivity index (χ3v) is 1.47. The molecule has 0 aromatic rings. The maximum atomic E-state index is 12.0. The van der Waals surface area contributed by atoms with Crippen LogP contribution >= 0.6 is 0 Å². The van der Waals surface area contributed by atoms with Crippen molar-refractivity contribution in [1.82, 2.24) is 0 Å². The lowest BCUT2D eigenvalue weighted by Crippen LogP contribution is -2.38. The molecule has 2 N–H and O–H groups in total. The summed E-state index contributed by atoms with van der Waals surface area (Å²) in [6.07, 6.45) is -6.24. The summed E-state index contributed by atoms with van der Waals surface area (Å²) in [5.41, 5.74) is 3.76. The number of hydrogen-bond donors (Lipinski definition) is 1. The van der Waals surface area contributed by atoms with Crippen LogP contribution in [0.3, 0.4) is 0 Å². The molecular formula is C9H14F3NO3. The van der Waals surface area contributed by atoms with E-state index in [-0.39, 0.29) is 0 Å². The largest absolute Gasteiger partial charge is 0.459 e. The molecule has 0 spiro atoms. The van der Waals surface area contributed by atoms with E-state index in [4.69, 9.17) is 5.73 Å². The first-order chi connectivity index (χ1) is 6.92. The molecule has 0 aliphatic heterocycles. The highest BCUT2D eigenvalue weighted by Crippen LogP contribution is 2.26. The number of hydrogen-bond acceptors (Lipinski definition) is 3. The highest BCUT2D eigenvalue weighted by atomic mass is 19.4. The minimum Gasteiger partial charge on any atom is -0.459 e. The lowest BCUT2D eigenvalue weighted by atomic mass is 10.0. The Bertz CT molecular complexity index is 281. The molecule has 1 unspecified atom stereocenters. The number of rotatable bonds is 3. The van der Waals surface area contributed by atoms with Crippen molar-refractivity contribution in [2.24, 2.45) is 11.7 Å². The van der Waals surface area contributed by atoms with Crippen LogP contribution in [0.4, 0.5) is 13.2 Å². The van der Waals surface area contributed by atoms with Gasteiger partial charge in [0, 0.05) is 0 Å². The number of esters is 1. The zero-order valence-electron chi connectivity index (χ0n) is 9.22. The Hall–Kier alpha value is -1.27. The van der Waals surface area contributed by atoms with Crippen LogP contribution in [0.25, 0.3) is 0 Å². The molecule has 4 nitrogen and oxygen atoms in total. The van der Waals surface area contributed by atoms with Gasteiger partial charge in [0.05, 0.1) is 6.42 Å². The van der Waals surface area contributed by atoms with E-state index in [2.05, 4.69) is 4.74 Å². The smallest absolute Gasteiger partial charge is 0.390 e. The lowest BCUT2D eigenvalue weighted by Gasteiger charge is -2.23. The fourth-order valence-corrected chi connectivity index (χ4v) is 0.904. The number of amides is 1. The Labute approximate surface area is 90.9 Å². The van der Waals surface area contributed by atoms with Gasteiger partial charge in [0.1, 0.15) is 11.5 Å². The molecule has 16 heavy (non-hydrogen) atoms. The molecule has 0 rings (SSSR count). The average molecular weight is 241 g/mol. The second-order valence-electron chi connectivity index (χ2n) is 4.31. The van der Waals surface area contributed by atoms with Gasteiger partial charge in [-0.15, -0.1) is 0 Å². The molecule has 94 valence electrons. The summed E-state index contributed by atoms with van der Waals surface area (Å²) in [4.78, 5) is 22.0. The van der Waals surface area contributed by atoms with Crippen molar-refractivity contribution in [1.29, 1.82) is 0 Å². The van der Waals surface area contributed by atoms with E-state index >= 15 is 0 Å². The number of nitrogens with two attached hydrogens (primary N) is 1. The van der Waals surface area contributed by atoms with Crippen molar-refractivity contribution in [2.75, 3.05) is 0 Å². The van der Waals surface area contributed by atoms with Crippen LogP contribution in [0.1, 0.15) is 27.2 Å². The van der Waals surface area contributed by atoms with E-state index in [1.165, 1.54) is 20.8 Å². The van der Waals surface area contributed by atoms with Crippen LogP contribution < -0.4 is 5.73 Å². The van der Waals surface area contributed by atoms with Crippen molar-refractivity contribution in [3.8, 4) is 0 Å².